The molecule has 1 nitrogen and oxygen atoms in total. The molecular weight excluding hydrogens is 218 g/mol. The van der Waals surface area contributed by atoms with Gasteiger partial charge in [0.05, 0.1) is 13.1 Å². The fraction of sp³-hybridized carbons (Fsp3) is 0.235. The molecule has 18 heavy (non-hydrogen) atoms. The lowest BCUT2D eigenvalue weighted by Gasteiger charge is -2.40. The molecule has 0 aromatic heterocycles. The van der Waals surface area contributed by atoms with Crippen molar-refractivity contribution in [3.8, 4) is 0 Å². The van der Waals surface area contributed by atoms with Gasteiger partial charge in [-0.15, -0.1) is 0 Å². The van der Waals surface area contributed by atoms with Crippen LogP contribution in [0, 0.1) is 14.0 Å². The molecule has 0 spiro atoms. The van der Waals surface area contributed by atoms with Gasteiger partial charge < -0.3 is 4.48 Å². The highest BCUT2D eigenvalue weighted by atomic mass is 15.3. The van der Waals surface area contributed by atoms with Gasteiger partial charge in [-0.2, -0.15) is 0 Å². The van der Waals surface area contributed by atoms with Crippen molar-refractivity contribution in [1.82, 2.24) is 0 Å². The van der Waals surface area contributed by atoms with Crippen LogP contribution in [-0.2, 0) is 13.1 Å². The monoisotopic (exact) mass is 238 g/mol. The number of quaternary nitrogens is 1. The Morgan fingerprint density at radius 3 is 2.17 bits per heavy atom. The molecule has 0 aliphatic rings. The van der Waals surface area contributed by atoms with Crippen molar-refractivity contribution in [1.29, 1.82) is 0 Å². The van der Waals surface area contributed by atoms with Crippen LogP contribution in [0.15, 0.2) is 54.6 Å². The fourth-order valence-electron chi connectivity index (χ4n) is 2.23. The Hall–Kier alpha value is -1.60. The van der Waals surface area contributed by atoms with Crippen LogP contribution in [0.3, 0.4) is 0 Å². The Morgan fingerprint density at radius 2 is 1.50 bits per heavy atom. The number of hydrogen-bond acceptors (Lipinski definition) is 0. The molecule has 0 fully saturated rings. The van der Waals surface area contributed by atoms with Crippen LogP contribution in [0.5, 0.6) is 0 Å². The molecule has 1 radical (unpaired) electrons. The van der Waals surface area contributed by atoms with Gasteiger partial charge in [-0.3, -0.25) is 0 Å². The zero-order valence-corrected chi connectivity index (χ0v) is 11.1. The highest BCUT2D eigenvalue weighted by Gasteiger charge is 2.11. The van der Waals surface area contributed by atoms with Crippen molar-refractivity contribution in [3.05, 3.63) is 78.3 Å². The van der Waals surface area contributed by atoms with Gasteiger partial charge in [-0.05, 0) is 12.5 Å². The minimum Gasteiger partial charge on any atom is -0.472 e. The SMILES string of the molecule is [CH-][N+](C)(Cc1ccccc1)Cc1ccccc1C. The minimum absolute atomic E-state index is 0.481. The predicted octanol–water partition coefficient (Wildman–Crippen LogP) is 3.81. The molecule has 1 unspecified atom stereocenters. The Morgan fingerprint density at radius 1 is 0.889 bits per heavy atom. The summed E-state index contributed by atoms with van der Waals surface area (Å²) < 4.78 is 0.481. The summed E-state index contributed by atoms with van der Waals surface area (Å²) in [5.74, 6) is 0. The Kier molecular flexibility index (Phi) is 3.83. The average Bonchev–Trinajstić information content (AvgIpc) is 2.32. The summed E-state index contributed by atoms with van der Waals surface area (Å²) in [6.45, 7) is 3.83. The van der Waals surface area contributed by atoms with E-state index in [0.717, 1.165) is 13.1 Å². The number of rotatable bonds is 4. The minimum atomic E-state index is 0.481. The van der Waals surface area contributed by atoms with E-state index in [1.54, 1.807) is 0 Å². The van der Waals surface area contributed by atoms with Crippen molar-refractivity contribution >= 4 is 0 Å². The first-order valence-corrected chi connectivity index (χ1v) is 6.28. The zero-order valence-electron chi connectivity index (χ0n) is 11.1. The van der Waals surface area contributed by atoms with Crippen LogP contribution in [0.25, 0.3) is 0 Å². The van der Waals surface area contributed by atoms with Crippen molar-refractivity contribution in [2.24, 2.45) is 0 Å². The van der Waals surface area contributed by atoms with E-state index in [-0.39, 0.29) is 0 Å². The standard InChI is InChI=1S/C17H20N/c1-15-9-7-8-12-17(15)14-18(2,3)13-16-10-5-4-6-11-16/h2,4-12H,13-14H2,1,3H3. The van der Waals surface area contributed by atoms with Crippen molar-refractivity contribution in [3.63, 3.8) is 0 Å². The second kappa shape index (κ2) is 5.36. The molecule has 0 N–H and O–H groups in total. The van der Waals surface area contributed by atoms with Crippen LogP contribution in [0.2, 0.25) is 0 Å². The van der Waals surface area contributed by atoms with E-state index < -0.39 is 0 Å². The molecule has 0 saturated heterocycles. The summed E-state index contributed by atoms with van der Waals surface area (Å²) in [5, 5.41) is 0. The van der Waals surface area contributed by atoms with E-state index in [4.69, 9.17) is 7.05 Å². The highest BCUT2D eigenvalue weighted by molar-refractivity contribution is 5.24. The average molecular weight is 238 g/mol. The topological polar surface area (TPSA) is 0 Å². The maximum Gasteiger partial charge on any atom is 0.0791 e. The van der Waals surface area contributed by atoms with Crippen molar-refractivity contribution in [2.45, 2.75) is 20.0 Å². The second-order valence-corrected chi connectivity index (χ2v) is 5.21. The van der Waals surface area contributed by atoms with E-state index in [2.05, 4.69) is 62.5 Å². The third-order valence-electron chi connectivity index (χ3n) is 3.18. The molecule has 0 aliphatic heterocycles. The van der Waals surface area contributed by atoms with Gasteiger partial charge in [0.25, 0.3) is 0 Å². The summed E-state index contributed by atoms with van der Waals surface area (Å²) in [6, 6.07) is 18.8. The van der Waals surface area contributed by atoms with Crippen LogP contribution < -0.4 is 0 Å². The van der Waals surface area contributed by atoms with Gasteiger partial charge in [-0.1, -0.05) is 54.6 Å². The Balaban J connectivity index is 2.10. The lowest BCUT2D eigenvalue weighted by atomic mass is 10.1. The highest BCUT2D eigenvalue weighted by Crippen LogP contribution is 2.18. The predicted molar refractivity (Wildman–Crippen MR) is 75.5 cm³/mol. The van der Waals surface area contributed by atoms with E-state index in [1.165, 1.54) is 16.7 Å². The molecule has 2 rings (SSSR count). The quantitative estimate of drug-likeness (QED) is 0.561. The van der Waals surface area contributed by atoms with Gasteiger partial charge in [-0.25, -0.2) is 7.05 Å². The molecule has 1 heteroatoms. The van der Waals surface area contributed by atoms with Crippen LogP contribution >= 0.6 is 0 Å². The lowest BCUT2D eigenvalue weighted by molar-refractivity contribution is -0.893. The smallest absolute Gasteiger partial charge is 0.0791 e. The van der Waals surface area contributed by atoms with E-state index in [9.17, 15) is 0 Å². The third kappa shape index (κ3) is 3.44. The second-order valence-electron chi connectivity index (χ2n) is 5.21. The maximum atomic E-state index is 6.39. The first-order valence-electron chi connectivity index (χ1n) is 6.28. The molecule has 2 aromatic carbocycles. The van der Waals surface area contributed by atoms with Crippen molar-refractivity contribution < 1.29 is 4.48 Å². The number of nitrogens with zero attached hydrogens (tertiary/aromatic N) is 1. The summed E-state index contributed by atoms with van der Waals surface area (Å²) in [6.07, 6.45) is 0. The summed E-state index contributed by atoms with van der Waals surface area (Å²) in [5.41, 5.74) is 3.90. The van der Waals surface area contributed by atoms with Gasteiger partial charge >= 0.3 is 0 Å². The van der Waals surface area contributed by atoms with Gasteiger partial charge in [0.2, 0.25) is 0 Å². The van der Waals surface area contributed by atoms with Crippen LogP contribution in [0.1, 0.15) is 16.7 Å². The molecule has 0 amide bonds. The van der Waals surface area contributed by atoms with Gasteiger partial charge in [0, 0.05) is 18.2 Å². The number of benzene rings is 2. The summed E-state index contributed by atoms with van der Waals surface area (Å²) >= 11 is 0. The van der Waals surface area contributed by atoms with E-state index in [0.29, 0.717) is 4.48 Å². The maximum absolute atomic E-state index is 6.39. The van der Waals surface area contributed by atoms with Crippen molar-refractivity contribution in [2.75, 3.05) is 7.05 Å². The summed E-state index contributed by atoms with van der Waals surface area (Å²) in [4.78, 5) is 0. The molecule has 1 atom stereocenters. The third-order valence-corrected chi connectivity index (χ3v) is 3.18. The molecule has 0 aliphatic carbocycles. The fourth-order valence-corrected chi connectivity index (χ4v) is 2.23. The number of hydrogen-bond donors (Lipinski definition) is 0. The van der Waals surface area contributed by atoms with Gasteiger partial charge in [0.1, 0.15) is 0 Å². The van der Waals surface area contributed by atoms with Crippen LogP contribution in [0.4, 0.5) is 0 Å². The molecular formula is C17H20N. The Bertz CT molecular complexity index is 500. The van der Waals surface area contributed by atoms with Gasteiger partial charge in [0.15, 0.2) is 0 Å². The van der Waals surface area contributed by atoms with E-state index in [1.807, 2.05) is 6.07 Å². The number of aryl methyl sites for hydroxylation is 1. The van der Waals surface area contributed by atoms with Crippen LogP contribution in [-0.4, -0.2) is 11.5 Å². The summed E-state index contributed by atoms with van der Waals surface area (Å²) in [7, 11) is 8.46. The zero-order chi connectivity index (χ0) is 13.0. The molecule has 93 valence electrons. The molecule has 0 heterocycles. The normalized spacial score (nSPS) is 14.2. The first-order chi connectivity index (χ1) is 8.57. The van der Waals surface area contributed by atoms with E-state index >= 15 is 0 Å². The first kappa shape index (κ1) is 12.8. The molecule has 0 bridgehead atoms. The molecule has 2 aromatic rings. The largest absolute Gasteiger partial charge is 0.472 e. The molecule has 0 saturated carbocycles. The Labute approximate surface area is 110 Å². The lowest BCUT2D eigenvalue weighted by Crippen LogP contribution is -2.35.